The van der Waals surface area contributed by atoms with Crippen LogP contribution in [0.4, 0.5) is 0 Å². The van der Waals surface area contributed by atoms with Crippen molar-refractivity contribution in [2.45, 2.75) is 19.4 Å². The minimum atomic E-state index is -1.32. The number of carbonyl (C=O) groups is 3. The van der Waals surface area contributed by atoms with Gasteiger partial charge in [0.15, 0.2) is 0 Å². The Bertz CT molecular complexity index is 305. The Morgan fingerprint density at radius 2 is 1.95 bits per heavy atom. The van der Waals surface area contributed by atoms with Crippen LogP contribution in [0.5, 0.6) is 0 Å². The quantitative estimate of drug-likeness (QED) is 0.396. The van der Waals surface area contributed by atoms with E-state index in [-0.39, 0.29) is 19.8 Å². The molecule has 0 bridgehead atoms. The van der Waals surface area contributed by atoms with Gasteiger partial charge >= 0.3 is 11.9 Å². The summed E-state index contributed by atoms with van der Waals surface area (Å²) in [5, 5.41) is 11.0. The molecule has 0 aliphatic carbocycles. The number of carboxylic acid groups (broad SMARTS) is 1. The van der Waals surface area contributed by atoms with Gasteiger partial charge in [0, 0.05) is 7.11 Å². The highest BCUT2D eigenvalue weighted by atomic mass is 16.5. The third-order valence-electron chi connectivity index (χ3n) is 1.97. The molecule has 0 aromatic carbocycles. The Kier molecular flexibility index (Phi) is 9.37. The van der Waals surface area contributed by atoms with Crippen LogP contribution in [0.15, 0.2) is 0 Å². The van der Waals surface area contributed by atoms with Crippen molar-refractivity contribution >= 4 is 17.8 Å². The fourth-order valence-corrected chi connectivity index (χ4v) is 1.13. The van der Waals surface area contributed by atoms with Gasteiger partial charge in [0.1, 0.15) is 12.6 Å². The monoisotopic (exact) mass is 277 g/mol. The zero-order chi connectivity index (χ0) is 14.7. The summed E-state index contributed by atoms with van der Waals surface area (Å²) in [5.41, 5.74) is 0. The van der Waals surface area contributed by atoms with Gasteiger partial charge in [-0.3, -0.25) is 9.59 Å². The summed E-state index contributed by atoms with van der Waals surface area (Å²) in [7, 11) is 1.49. The number of nitrogens with one attached hydrogen (secondary N) is 1. The van der Waals surface area contributed by atoms with E-state index in [0.29, 0.717) is 6.61 Å². The standard InChI is InChI=1S/C11H19NO7/c1-3-19-10(14)6-8(11(15)16)12-9(13)7-18-5-4-17-2/h8H,3-7H2,1-2H3,(H,12,13)(H,15,16)/t8-/m1/s1. The molecule has 0 aliphatic heterocycles. The topological polar surface area (TPSA) is 111 Å². The minimum absolute atomic E-state index is 0.152. The molecule has 1 amide bonds. The second-order valence-corrected chi connectivity index (χ2v) is 3.51. The first-order chi connectivity index (χ1) is 9.01. The number of aliphatic carboxylic acids is 1. The molecular weight excluding hydrogens is 258 g/mol. The molecule has 0 saturated heterocycles. The van der Waals surface area contributed by atoms with E-state index in [4.69, 9.17) is 14.6 Å². The smallest absolute Gasteiger partial charge is 0.326 e. The molecule has 0 radical (unpaired) electrons. The van der Waals surface area contributed by atoms with Gasteiger partial charge in [0.05, 0.1) is 26.2 Å². The van der Waals surface area contributed by atoms with E-state index in [2.05, 4.69) is 10.1 Å². The van der Waals surface area contributed by atoms with E-state index in [1.807, 2.05) is 0 Å². The van der Waals surface area contributed by atoms with Crippen molar-refractivity contribution in [3.63, 3.8) is 0 Å². The molecule has 0 unspecified atom stereocenters. The molecule has 0 fully saturated rings. The van der Waals surface area contributed by atoms with Crippen molar-refractivity contribution in [3.05, 3.63) is 0 Å². The summed E-state index contributed by atoms with van der Waals surface area (Å²) in [6.45, 7) is 2.02. The number of esters is 1. The van der Waals surface area contributed by atoms with Crippen LogP contribution in [0.3, 0.4) is 0 Å². The first-order valence-corrected chi connectivity index (χ1v) is 5.75. The number of rotatable bonds is 10. The highest BCUT2D eigenvalue weighted by Crippen LogP contribution is 1.96. The second-order valence-electron chi connectivity index (χ2n) is 3.51. The molecule has 0 aromatic heterocycles. The predicted molar refractivity (Wildman–Crippen MR) is 63.5 cm³/mol. The highest BCUT2D eigenvalue weighted by molar-refractivity contribution is 5.87. The number of hydrogen-bond acceptors (Lipinski definition) is 6. The third kappa shape index (κ3) is 8.97. The van der Waals surface area contributed by atoms with Crippen LogP contribution < -0.4 is 5.32 Å². The largest absolute Gasteiger partial charge is 0.480 e. The maximum atomic E-state index is 11.4. The van der Waals surface area contributed by atoms with Crippen molar-refractivity contribution in [2.75, 3.05) is 33.5 Å². The van der Waals surface area contributed by atoms with Crippen LogP contribution in [0.25, 0.3) is 0 Å². The van der Waals surface area contributed by atoms with E-state index in [9.17, 15) is 14.4 Å². The van der Waals surface area contributed by atoms with Gasteiger partial charge in [-0.2, -0.15) is 0 Å². The van der Waals surface area contributed by atoms with Gasteiger partial charge in [-0.1, -0.05) is 0 Å². The maximum absolute atomic E-state index is 11.4. The molecule has 0 saturated carbocycles. The van der Waals surface area contributed by atoms with E-state index in [1.54, 1.807) is 6.92 Å². The molecule has 8 nitrogen and oxygen atoms in total. The van der Waals surface area contributed by atoms with Gasteiger partial charge in [-0.25, -0.2) is 4.79 Å². The van der Waals surface area contributed by atoms with Crippen LogP contribution in [0, 0.1) is 0 Å². The lowest BCUT2D eigenvalue weighted by Gasteiger charge is -2.13. The molecule has 8 heteroatoms. The van der Waals surface area contributed by atoms with Crippen molar-refractivity contribution in [1.82, 2.24) is 5.32 Å². The average Bonchev–Trinajstić information content (AvgIpc) is 2.34. The first kappa shape index (κ1) is 17.3. The van der Waals surface area contributed by atoms with Crippen molar-refractivity contribution in [1.29, 1.82) is 0 Å². The van der Waals surface area contributed by atoms with Gasteiger partial charge in [0.25, 0.3) is 0 Å². The van der Waals surface area contributed by atoms with E-state index in [0.717, 1.165) is 0 Å². The summed E-state index contributed by atoms with van der Waals surface area (Å²) in [5.74, 6) is -2.61. The fourth-order valence-electron chi connectivity index (χ4n) is 1.13. The van der Waals surface area contributed by atoms with Crippen LogP contribution in [-0.2, 0) is 28.6 Å². The fraction of sp³-hybridized carbons (Fsp3) is 0.727. The van der Waals surface area contributed by atoms with Gasteiger partial charge < -0.3 is 24.6 Å². The summed E-state index contributed by atoms with van der Waals surface area (Å²) in [6.07, 6.45) is -0.424. The minimum Gasteiger partial charge on any atom is -0.480 e. The van der Waals surface area contributed by atoms with Crippen molar-refractivity contribution < 1.29 is 33.7 Å². The maximum Gasteiger partial charge on any atom is 0.326 e. The molecule has 19 heavy (non-hydrogen) atoms. The van der Waals surface area contributed by atoms with Crippen LogP contribution in [-0.4, -0.2) is 62.5 Å². The van der Waals surface area contributed by atoms with Gasteiger partial charge in [-0.15, -0.1) is 0 Å². The lowest BCUT2D eigenvalue weighted by molar-refractivity contribution is -0.150. The molecule has 0 aromatic rings. The Labute approximate surface area is 111 Å². The second kappa shape index (κ2) is 10.3. The van der Waals surface area contributed by atoms with E-state index < -0.39 is 30.3 Å². The average molecular weight is 277 g/mol. The molecule has 0 heterocycles. The van der Waals surface area contributed by atoms with Crippen LogP contribution >= 0.6 is 0 Å². The normalized spacial score (nSPS) is 11.7. The SMILES string of the molecule is CCOC(=O)C[C@@H](NC(=O)COCCOC)C(=O)O. The Hall–Kier alpha value is -1.67. The number of hydrogen-bond donors (Lipinski definition) is 2. The summed E-state index contributed by atoms with van der Waals surface area (Å²) in [6, 6.07) is -1.32. The Morgan fingerprint density at radius 3 is 2.47 bits per heavy atom. The van der Waals surface area contributed by atoms with Gasteiger partial charge in [0.2, 0.25) is 5.91 Å². The lowest BCUT2D eigenvalue weighted by atomic mass is 10.2. The third-order valence-corrected chi connectivity index (χ3v) is 1.97. The predicted octanol–water partition coefficient (Wildman–Crippen LogP) is -0.828. The summed E-state index contributed by atoms with van der Waals surface area (Å²) >= 11 is 0. The Morgan fingerprint density at radius 1 is 1.26 bits per heavy atom. The number of carbonyl (C=O) groups excluding carboxylic acids is 2. The molecule has 0 aliphatic rings. The first-order valence-electron chi connectivity index (χ1n) is 5.75. The lowest BCUT2D eigenvalue weighted by Crippen LogP contribution is -2.44. The Balaban J connectivity index is 4.08. The van der Waals surface area contributed by atoms with Gasteiger partial charge in [-0.05, 0) is 6.92 Å². The molecule has 110 valence electrons. The molecule has 2 N–H and O–H groups in total. The van der Waals surface area contributed by atoms with E-state index in [1.165, 1.54) is 7.11 Å². The zero-order valence-electron chi connectivity index (χ0n) is 11.0. The number of ether oxygens (including phenoxy) is 3. The summed E-state index contributed by atoms with van der Waals surface area (Å²) < 4.78 is 14.2. The van der Waals surface area contributed by atoms with E-state index >= 15 is 0 Å². The summed E-state index contributed by atoms with van der Waals surface area (Å²) in [4.78, 5) is 33.4. The van der Waals surface area contributed by atoms with Crippen LogP contribution in [0.1, 0.15) is 13.3 Å². The molecule has 0 rings (SSSR count). The molecular formula is C11H19NO7. The molecule has 1 atom stereocenters. The van der Waals surface area contributed by atoms with Crippen molar-refractivity contribution in [3.8, 4) is 0 Å². The number of methoxy groups -OCH3 is 1. The molecule has 0 spiro atoms. The number of carboxylic acids is 1. The highest BCUT2D eigenvalue weighted by Gasteiger charge is 2.23. The van der Waals surface area contributed by atoms with Crippen molar-refractivity contribution in [2.24, 2.45) is 0 Å². The number of amides is 1. The van der Waals surface area contributed by atoms with Crippen LogP contribution in [0.2, 0.25) is 0 Å². The zero-order valence-corrected chi connectivity index (χ0v) is 11.0.